The molecule has 2 heterocycles. The number of hydrogen-bond donors (Lipinski definition) is 2. The van der Waals surface area contributed by atoms with Crippen molar-refractivity contribution in [3.8, 4) is 5.75 Å². The summed E-state index contributed by atoms with van der Waals surface area (Å²) in [5.74, 6) is -5.45. The van der Waals surface area contributed by atoms with Crippen LogP contribution in [0, 0.1) is 12.8 Å². The lowest BCUT2D eigenvalue weighted by Gasteiger charge is -2.36. The molecule has 4 amide bonds. The van der Waals surface area contributed by atoms with Crippen molar-refractivity contribution in [3.05, 3.63) is 63.2 Å². The topological polar surface area (TPSA) is 128 Å². The SMILES string of the molecule is Cc1ccc(C(c2oc(CO)cc(=O)c2O)C2C(=O)N(C)C(=O)N(C)C2=O)cc1. The predicted molar refractivity (Wildman–Crippen MR) is 100 cm³/mol. The van der Waals surface area contributed by atoms with Gasteiger partial charge >= 0.3 is 6.03 Å². The van der Waals surface area contributed by atoms with Crippen LogP contribution in [0.15, 0.2) is 39.5 Å². The molecule has 1 fully saturated rings. The third kappa shape index (κ3) is 3.40. The Labute approximate surface area is 165 Å². The van der Waals surface area contributed by atoms with Gasteiger partial charge in [0.05, 0.1) is 5.92 Å². The number of imide groups is 2. The van der Waals surface area contributed by atoms with Gasteiger partial charge in [-0.05, 0) is 12.5 Å². The molecule has 9 heteroatoms. The molecule has 1 aliphatic heterocycles. The van der Waals surface area contributed by atoms with Crippen molar-refractivity contribution in [2.45, 2.75) is 19.4 Å². The number of aliphatic hydroxyl groups is 1. The van der Waals surface area contributed by atoms with Crippen LogP contribution in [0.1, 0.15) is 28.6 Å². The molecule has 3 rings (SSSR count). The predicted octanol–water partition coefficient (Wildman–Crippen LogP) is 0.945. The lowest BCUT2D eigenvalue weighted by atomic mass is 9.80. The number of amides is 4. The van der Waals surface area contributed by atoms with E-state index in [4.69, 9.17) is 4.42 Å². The van der Waals surface area contributed by atoms with Gasteiger partial charge in [0, 0.05) is 20.2 Å². The molecule has 152 valence electrons. The van der Waals surface area contributed by atoms with Gasteiger partial charge in [-0.1, -0.05) is 29.8 Å². The summed E-state index contributed by atoms with van der Waals surface area (Å²) in [5, 5.41) is 19.8. The summed E-state index contributed by atoms with van der Waals surface area (Å²) in [6.07, 6.45) is 0. The average molecular weight is 400 g/mol. The molecular weight excluding hydrogens is 380 g/mol. The van der Waals surface area contributed by atoms with Gasteiger partial charge in [0.25, 0.3) is 0 Å². The molecule has 1 saturated heterocycles. The van der Waals surface area contributed by atoms with Crippen molar-refractivity contribution in [3.63, 3.8) is 0 Å². The molecular formula is C20H20N2O7. The maximum atomic E-state index is 12.9. The fraction of sp³-hybridized carbons (Fsp3) is 0.300. The number of nitrogens with zero attached hydrogens (tertiary/aromatic N) is 2. The normalized spacial score (nSPS) is 16.5. The molecule has 2 aromatic rings. The highest BCUT2D eigenvalue weighted by Crippen LogP contribution is 2.39. The highest BCUT2D eigenvalue weighted by atomic mass is 16.4. The second kappa shape index (κ2) is 7.51. The van der Waals surface area contributed by atoms with E-state index in [0.29, 0.717) is 5.56 Å². The lowest BCUT2D eigenvalue weighted by Crippen LogP contribution is -2.58. The summed E-state index contributed by atoms with van der Waals surface area (Å²) >= 11 is 0. The molecule has 0 spiro atoms. The van der Waals surface area contributed by atoms with Gasteiger partial charge in [0.1, 0.15) is 18.3 Å². The fourth-order valence-electron chi connectivity index (χ4n) is 3.33. The Morgan fingerprint density at radius 1 is 1.03 bits per heavy atom. The van der Waals surface area contributed by atoms with Gasteiger partial charge in [-0.15, -0.1) is 0 Å². The first kappa shape index (κ1) is 20.3. The van der Waals surface area contributed by atoms with E-state index in [-0.39, 0.29) is 11.5 Å². The van der Waals surface area contributed by atoms with E-state index >= 15 is 0 Å². The maximum Gasteiger partial charge on any atom is 0.332 e. The van der Waals surface area contributed by atoms with Crippen molar-refractivity contribution >= 4 is 17.8 Å². The smallest absolute Gasteiger partial charge is 0.332 e. The highest BCUT2D eigenvalue weighted by Gasteiger charge is 2.49. The number of aromatic hydroxyl groups is 1. The van der Waals surface area contributed by atoms with Crippen LogP contribution >= 0.6 is 0 Å². The molecule has 1 unspecified atom stereocenters. The highest BCUT2D eigenvalue weighted by molar-refractivity contribution is 6.16. The quantitative estimate of drug-likeness (QED) is 0.731. The number of aliphatic hydroxyl groups excluding tert-OH is 1. The van der Waals surface area contributed by atoms with Crippen LogP contribution in [-0.4, -0.2) is 52.0 Å². The van der Waals surface area contributed by atoms with Gasteiger partial charge in [-0.25, -0.2) is 4.79 Å². The molecule has 0 aliphatic carbocycles. The van der Waals surface area contributed by atoms with E-state index in [2.05, 4.69) is 0 Å². The number of rotatable bonds is 4. The molecule has 9 nitrogen and oxygen atoms in total. The molecule has 2 N–H and O–H groups in total. The van der Waals surface area contributed by atoms with E-state index in [0.717, 1.165) is 21.4 Å². The zero-order valence-electron chi connectivity index (χ0n) is 16.1. The molecule has 1 atom stereocenters. The summed E-state index contributed by atoms with van der Waals surface area (Å²) in [5.41, 5.74) is 0.515. The van der Waals surface area contributed by atoms with E-state index < -0.39 is 47.5 Å². The third-order valence-electron chi connectivity index (χ3n) is 4.98. The van der Waals surface area contributed by atoms with E-state index in [1.54, 1.807) is 24.3 Å². The van der Waals surface area contributed by atoms with Crippen LogP contribution < -0.4 is 5.43 Å². The number of aryl methyl sites for hydroxylation is 1. The summed E-state index contributed by atoms with van der Waals surface area (Å²) in [4.78, 5) is 51.7. The van der Waals surface area contributed by atoms with Gasteiger partial charge < -0.3 is 14.6 Å². The number of barbiturate groups is 1. The van der Waals surface area contributed by atoms with Crippen molar-refractivity contribution in [1.82, 2.24) is 9.80 Å². The Kier molecular flexibility index (Phi) is 5.25. The largest absolute Gasteiger partial charge is 0.502 e. The Bertz CT molecular complexity index is 1020. The van der Waals surface area contributed by atoms with Crippen LogP contribution in [0.2, 0.25) is 0 Å². The standard InChI is InChI=1S/C20H20N2O7/c1-10-4-6-11(7-5-10)14(17-16(25)13(24)8-12(9-23)29-17)15-18(26)21(2)20(28)22(3)19(15)27/h4-8,14-15,23,25H,9H2,1-3H3. The minimum atomic E-state index is -1.45. The lowest BCUT2D eigenvalue weighted by molar-refractivity contribution is -0.148. The van der Waals surface area contributed by atoms with Crippen molar-refractivity contribution in [2.24, 2.45) is 5.92 Å². The van der Waals surface area contributed by atoms with Gasteiger partial charge in [-0.2, -0.15) is 0 Å². The Morgan fingerprint density at radius 3 is 2.10 bits per heavy atom. The molecule has 0 saturated carbocycles. The van der Waals surface area contributed by atoms with E-state index in [1.807, 2.05) is 6.92 Å². The van der Waals surface area contributed by atoms with Crippen molar-refractivity contribution in [1.29, 1.82) is 0 Å². The van der Waals surface area contributed by atoms with Gasteiger partial charge in [-0.3, -0.25) is 24.2 Å². The molecule has 1 aliphatic rings. The second-order valence-corrected chi connectivity index (χ2v) is 6.89. The second-order valence-electron chi connectivity index (χ2n) is 6.89. The molecule has 29 heavy (non-hydrogen) atoms. The molecule has 0 bridgehead atoms. The summed E-state index contributed by atoms with van der Waals surface area (Å²) in [6.45, 7) is 1.23. The minimum Gasteiger partial charge on any atom is -0.502 e. The number of carbonyl (C=O) groups excluding carboxylic acids is 3. The van der Waals surface area contributed by atoms with E-state index in [1.165, 1.54) is 14.1 Å². The monoisotopic (exact) mass is 400 g/mol. The number of benzene rings is 1. The van der Waals surface area contributed by atoms with Crippen LogP contribution in [0.3, 0.4) is 0 Å². The first-order chi connectivity index (χ1) is 13.7. The fourth-order valence-corrected chi connectivity index (χ4v) is 3.33. The maximum absolute atomic E-state index is 12.9. The average Bonchev–Trinajstić information content (AvgIpc) is 2.71. The summed E-state index contributed by atoms with van der Waals surface area (Å²) in [6, 6.07) is 6.91. The van der Waals surface area contributed by atoms with Crippen LogP contribution in [-0.2, 0) is 16.2 Å². The van der Waals surface area contributed by atoms with Crippen molar-refractivity contribution < 1.29 is 29.0 Å². The minimum absolute atomic E-state index is 0.131. The molecule has 0 radical (unpaired) electrons. The van der Waals surface area contributed by atoms with Crippen LogP contribution in [0.4, 0.5) is 4.79 Å². The van der Waals surface area contributed by atoms with Gasteiger partial charge in [0.15, 0.2) is 5.76 Å². The Balaban J connectivity index is 2.28. The Morgan fingerprint density at radius 2 is 1.59 bits per heavy atom. The zero-order valence-corrected chi connectivity index (χ0v) is 16.1. The first-order valence-corrected chi connectivity index (χ1v) is 8.79. The Hall–Kier alpha value is -3.46. The van der Waals surface area contributed by atoms with E-state index in [9.17, 15) is 29.4 Å². The van der Waals surface area contributed by atoms with Crippen LogP contribution in [0.5, 0.6) is 5.75 Å². The summed E-state index contributed by atoms with van der Waals surface area (Å²) < 4.78 is 5.51. The first-order valence-electron chi connectivity index (χ1n) is 8.79. The zero-order chi connectivity index (χ0) is 21.5. The van der Waals surface area contributed by atoms with Crippen LogP contribution in [0.25, 0.3) is 0 Å². The number of hydrogen-bond acceptors (Lipinski definition) is 7. The summed E-state index contributed by atoms with van der Waals surface area (Å²) in [7, 11) is 2.49. The number of urea groups is 1. The number of carbonyl (C=O) groups is 3. The molecule has 1 aromatic carbocycles. The molecule has 1 aromatic heterocycles. The van der Waals surface area contributed by atoms with Crippen molar-refractivity contribution in [2.75, 3.05) is 14.1 Å². The van der Waals surface area contributed by atoms with Gasteiger partial charge in [0.2, 0.25) is 23.0 Å². The third-order valence-corrected chi connectivity index (χ3v) is 4.98.